The fourth-order valence-electron chi connectivity index (χ4n) is 3.64. The highest BCUT2D eigenvalue weighted by atomic mass is 19.1. The van der Waals surface area contributed by atoms with Gasteiger partial charge in [0.05, 0.1) is 23.9 Å². The van der Waals surface area contributed by atoms with E-state index in [1.807, 2.05) is 24.3 Å². The number of hydrogen-bond acceptors (Lipinski definition) is 2. The Morgan fingerprint density at radius 2 is 2.17 bits per heavy atom. The van der Waals surface area contributed by atoms with E-state index in [4.69, 9.17) is 5.26 Å². The second-order valence-electron chi connectivity index (χ2n) is 6.32. The highest BCUT2D eigenvalue weighted by Gasteiger charge is 2.26. The lowest BCUT2D eigenvalue weighted by molar-refractivity contribution is 0.570. The molecule has 0 amide bonds. The molecule has 1 aromatic carbocycles. The molecule has 0 saturated carbocycles. The highest BCUT2D eigenvalue weighted by Crippen LogP contribution is 2.36. The summed E-state index contributed by atoms with van der Waals surface area (Å²) in [6.07, 6.45) is 2.05. The van der Waals surface area contributed by atoms with Gasteiger partial charge in [-0.3, -0.25) is 0 Å². The van der Waals surface area contributed by atoms with Crippen molar-refractivity contribution in [2.75, 3.05) is 0 Å². The van der Waals surface area contributed by atoms with Crippen molar-refractivity contribution in [1.29, 1.82) is 5.26 Å². The standard InChI is InChI=1S/C19H16FN3/c1-12-7-15-16-9-13(10-21)5-6-17(16)23(18(15)8-12)11-14-3-2-4-19(20)22-14/h2-6,9,12H,7-8,11H2,1H3. The van der Waals surface area contributed by atoms with Crippen molar-refractivity contribution in [2.24, 2.45) is 5.92 Å². The van der Waals surface area contributed by atoms with E-state index in [0.29, 0.717) is 23.7 Å². The van der Waals surface area contributed by atoms with Crippen LogP contribution in [-0.4, -0.2) is 9.55 Å². The molecular weight excluding hydrogens is 289 g/mol. The smallest absolute Gasteiger partial charge is 0.213 e. The molecule has 3 nitrogen and oxygen atoms in total. The number of aromatic nitrogens is 2. The summed E-state index contributed by atoms with van der Waals surface area (Å²) in [4.78, 5) is 3.99. The minimum absolute atomic E-state index is 0.448. The molecule has 0 aliphatic heterocycles. The fourth-order valence-corrected chi connectivity index (χ4v) is 3.64. The van der Waals surface area contributed by atoms with Gasteiger partial charge in [-0.15, -0.1) is 0 Å². The van der Waals surface area contributed by atoms with Gasteiger partial charge in [-0.25, -0.2) is 4.98 Å². The number of pyridine rings is 1. The topological polar surface area (TPSA) is 41.6 Å². The summed E-state index contributed by atoms with van der Waals surface area (Å²) in [5.74, 6) is 0.151. The molecule has 0 radical (unpaired) electrons. The number of benzene rings is 1. The van der Waals surface area contributed by atoms with Gasteiger partial charge >= 0.3 is 0 Å². The minimum Gasteiger partial charge on any atom is -0.338 e. The molecule has 3 aromatic rings. The van der Waals surface area contributed by atoms with Crippen molar-refractivity contribution in [3.05, 3.63) is 64.9 Å². The van der Waals surface area contributed by atoms with Crippen LogP contribution < -0.4 is 0 Å². The Bertz CT molecular complexity index is 949. The minimum atomic E-state index is -0.448. The van der Waals surface area contributed by atoms with E-state index in [1.54, 1.807) is 6.07 Å². The molecule has 0 N–H and O–H groups in total. The van der Waals surface area contributed by atoms with Crippen molar-refractivity contribution < 1.29 is 4.39 Å². The Balaban J connectivity index is 1.89. The van der Waals surface area contributed by atoms with Crippen molar-refractivity contribution in [1.82, 2.24) is 9.55 Å². The second kappa shape index (κ2) is 5.20. The number of nitriles is 1. The third kappa shape index (κ3) is 2.29. The van der Waals surface area contributed by atoms with E-state index in [1.165, 1.54) is 17.3 Å². The largest absolute Gasteiger partial charge is 0.338 e. The molecule has 23 heavy (non-hydrogen) atoms. The predicted octanol–water partition coefficient (Wildman–Crippen LogP) is 3.83. The Hall–Kier alpha value is -2.67. The first-order chi connectivity index (χ1) is 11.2. The van der Waals surface area contributed by atoms with Crippen LogP contribution in [-0.2, 0) is 19.4 Å². The summed E-state index contributed by atoms with van der Waals surface area (Å²) in [6, 6.07) is 12.9. The normalized spacial score (nSPS) is 16.5. The van der Waals surface area contributed by atoms with E-state index < -0.39 is 5.95 Å². The van der Waals surface area contributed by atoms with Gasteiger partial charge in [-0.05, 0) is 54.7 Å². The quantitative estimate of drug-likeness (QED) is 0.675. The van der Waals surface area contributed by atoms with Crippen molar-refractivity contribution >= 4 is 10.9 Å². The Labute approximate surface area is 134 Å². The van der Waals surface area contributed by atoms with Crippen LogP contribution in [0.4, 0.5) is 4.39 Å². The SMILES string of the molecule is CC1Cc2c(n(Cc3cccc(F)n3)c3ccc(C#N)cc23)C1. The zero-order valence-corrected chi connectivity index (χ0v) is 12.9. The molecule has 4 rings (SSSR count). The fraction of sp³-hybridized carbons (Fsp3) is 0.263. The van der Waals surface area contributed by atoms with Gasteiger partial charge in [0.1, 0.15) is 0 Å². The lowest BCUT2D eigenvalue weighted by Crippen LogP contribution is -2.07. The van der Waals surface area contributed by atoms with Crippen molar-refractivity contribution in [3.8, 4) is 6.07 Å². The van der Waals surface area contributed by atoms with Crippen molar-refractivity contribution in [3.63, 3.8) is 0 Å². The van der Waals surface area contributed by atoms with E-state index in [2.05, 4.69) is 22.5 Å². The predicted molar refractivity (Wildman–Crippen MR) is 86.5 cm³/mol. The molecule has 0 fully saturated rings. The summed E-state index contributed by atoms with van der Waals surface area (Å²) in [5.41, 5.74) is 5.14. The lowest BCUT2D eigenvalue weighted by atomic mass is 10.1. The van der Waals surface area contributed by atoms with Gasteiger partial charge in [0, 0.05) is 16.6 Å². The average molecular weight is 305 g/mol. The number of hydrogen-bond donors (Lipinski definition) is 0. The zero-order chi connectivity index (χ0) is 16.0. The molecule has 2 aromatic heterocycles. The molecule has 1 aliphatic carbocycles. The van der Waals surface area contributed by atoms with Gasteiger partial charge in [0.25, 0.3) is 0 Å². The lowest BCUT2D eigenvalue weighted by Gasteiger charge is -2.10. The molecule has 0 bridgehead atoms. The maximum atomic E-state index is 13.4. The van der Waals surface area contributed by atoms with Crippen LogP contribution in [0, 0.1) is 23.2 Å². The molecule has 0 saturated heterocycles. The van der Waals surface area contributed by atoms with Crippen LogP contribution in [0.2, 0.25) is 0 Å². The van der Waals surface area contributed by atoms with Gasteiger partial charge < -0.3 is 4.57 Å². The average Bonchev–Trinajstić information content (AvgIpc) is 3.04. The third-order valence-electron chi connectivity index (χ3n) is 4.60. The maximum Gasteiger partial charge on any atom is 0.213 e. The molecule has 4 heteroatoms. The molecule has 0 spiro atoms. The second-order valence-corrected chi connectivity index (χ2v) is 6.32. The van der Waals surface area contributed by atoms with Crippen LogP contribution in [0.1, 0.15) is 29.4 Å². The van der Waals surface area contributed by atoms with E-state index >= 15 is 0 Å². The Morgan fingerprint density at radius 3 is 2.96 bits per heavy atom. The number of halogens is 1. The first kappa shape index (κ1) is 14.0. The first-order valence-corrected chi connectivity index (χ1v) is 7.81. The molecule has 114 valence electrons. The summed E-state index contributed by atoms with van der Waals surface area (Å²) in [7, 11) is 0. The molecular formula is C19H16FN3. The third-order valence-corrected chi connectivity index (χ3v) is 4.60. The van der Waals surface area contributed by atoms with Gasteiger partial charge in [-0.2, -0.15) is 9.65 Å². The Morgan fingerprint density at radius 1 is 1.30 bits per heavy atom. The molecule has 1 unspecified atom stereocenters. The van der Waals surface area contributed by atoms with Crippen LogP contribution in [0.15, 0.2) is 36.4 Å². The van der Waals surface area contributed by atoms with Gasteiger partial charge in [-0.1, -0.05) is 13.0 Å². The summed E-state index contributed by atoms with van der Waals surface area (Å²) in [5, 5.41) is 10.3. The number of fused-ring (bicyclic) bond motifs is 3. The summed E-state index contributed by atoms with van der Waals surface area (Å²) < 4.78 is 15.6. The summed E-state index contributed by atoms with van der Waals surface area (Å²) >= 11 is 0. The highest BCUT2D eigenvalue weighted by molar-refractivity contribution is 5.87. The van der Waals surface area contributed by atoms with E-state index in [0.717, 1.165) is 23.7 Å². The molecule has 2 heterocycles. The molecule has 1 aliphatic rings. The van der Waals surface area contributed by atoms with Crippen LogP contribution in [0.25, 0.3) is 10.9 Å². The van der Waals surface area contributed by atoms with Crippen LogP contribution >= 0.6 is 0 Å². The van der Waals surface area contributed by atoms with Gasteiger partial charge in [0.15, 0.2) is 0 Å². The van der Waals surface area contributed by atoms with Crippen LogP contribution in [0.3, 0.4) is 0 Å². The number of nitrogens with zero attached hydrogens (tertiary/aromatic N) is 3. The van der Waals surface area contributed by atoms with Crippen LogP contribution in [0.5, 0.6) is 0 Å². The number of rotatable bonds is 2. The zero-order valence-electron chi connectivity index (χ0n) is 12.9. The van der Waals surface area contributed by atoms with Gasteiger partial charge in [0.2, 0.25) is 5.95 Å². The summed E-state index contributed by atoms with van der Waals surface area (Å²) in [6.45, 7) is 2.80. The monoisotopic (exact) mass is 305 g/mol. The van der Waals surface area contributed by atoms with E-state index in [9.17, 15) is 4.39 Å². The maximum absolute atomic E-state index is 13.4. The van der Waals surface area contributed by atoms with E-state index in [-0.39, 0.29) is 0 Å². The Kier molecular flexibility index (Phi) is 3.16. The van der Waals surface area contributed by atoms with Crippen molar-refractivity contribution in [2.45, 2.75) is 26.3 Å². The first-order valence-electron chi connectivity index (χ1n) is 7.81. The molecule has 1 atom stereocenters.